The number of hydrogen-bond donors (Lipinski definition) is 0. The third-order valence-electron chi connectivity index (χ3n) is 2.23. The highest BCUT2D eigenvalue weighted by molar-refractivity contribution is 9.10. The fraction of sp³-hybridized carbons (Fsp3) is 0.364. The maximum Gasteiger partial charge on any atom is 0.132 e. The fourth-order valence-corrected chi connectivity index (χ4v) is 1.58. The molecule has 0 heterocycles. The van der Waals surface area contributed by atoms with Crippen molar-refractivity contribution in [2.75, 3.05) is 0 Å². The molecule has 1 aromatic rings. The molecular weight excluding hydrogens is 247 g/mol. The van der Waals surface area contributed by atoms with Crippen LogP contribution in [0.1, 0.15) is 19.4 Å². The normalized spacial score (nSPS) is 12.6. The summed E-state index contributed by atoms with van der Waals surface area (Å²) in [4.78, 5) is 11.0. The minimum Gasteiger partial charge on any atom is -0.300 e. The van der Waals surface area contributed by atoms with Crippen LogP contribution in [-0.4, -0.2) is 5.78 Å². The third-order valence-corrected chi connectivity index (χ3v) is 3.00. The molecule has 0 radical (unpaired) electrons. The van der Waals surface area contributed by atoms with Gasteiger partial charge in [0.2, 0.25) is 0 Å². The van der Waals surface area contributed by atoms with Crippen LogP contribution in [0.4, 0.5) is 4.39 Å². The van der Waals surface area contributed by atoms with E-state index in [0.717, 1.165) is 10.0 Å². The van der Waals surface area contributed by atoms with Crippen LogP contribution in [0.3, 0.4) is 0 Å². The molecule has 14 heavy (non-hydrogen) atoms. The maximum absolute atomic E-state index is 12.9. The fourth-order valence-electron chi connectivity index (χ4n) is 1.17. The number of Topliss-reactive ketones (excluding diaryl/α,β-unsaturated/α-hetero) is 1. The van der Waals surface area contributed by atoms with Crippen LogP contribution in [0.2, 0.25) is 0 Å². The van der Waals surface area contributed by atoms with Crippen molar-refractivity contribution in [1.82, 2.24) is 0 Å². The number of benzene rings is 1. The molecule has 1 aromatic carbocycles. The van der Waals surface area contributed by atoms with E-state index in [1.807, 2.05) is 6.92 Å². The summed E-state index contributed by atoms with van der Waals surface area (Å²) >= 11 is 3.33. The van der Waals surface area contributed by atoms with Crippen LogP contribution >= 0.6 is 15.9 Å². The van der Waals surface area contributed by atoms with Crippen molar-refractivity contribution >= 4 is 21.7 Å². The Kier molecular flexibility index (Phi) is 3.81. The molecule has 0 aliphatic rings. The molecule has 0 spiro atoms. The summed E-state index contributed by atoms with van der Waals surface area (Å²) < 4.78 is 13.7. The van der Waals surface area contributed by atoms with Crippen LogP contribution in [0.5, 0.6) is 0 Å². The number of ketones is 1. The lowest BCUT2D eigenvalue weighted by atomic mass is 9.98. The van der Waals surface area contributed by atoms with Gasteiger partial charge in [-0.05, 0) is 37.1 Å². The predicted molar refractivity (Wildman–Crippen MR) is 57.6 cm³/mol. The van der Waals surface area contributed by atoms with Crippen molar-refractivity contribution in [1.29, 1.82) is 0 Å². The number of carbonyl (C=O) groups excluding carboxylic acids is 1. The summed E-state index contributed by atoms with van der Waals surface area (Å²) in [5.41, 5.74) is 0.840. The topological polar surface area (TPSA) is 17.1 Å². The molecule has 0 N–H and O–H groups in total. The molecule has 0 aromatic heterocycles. The van der Waals surface area contributed by atoms with Crippen molar-refractivity contribution in [3.63, 3.8) is 0 Å². The Morgan fingerprint density at radius 1 is 1.57 bits per heavy atom. The standard InChI is InChI=1S/C11H12BrFO/c1-7(8(2)14)5-9-6-10(13)3-4-11(9)12/h3-4,6-7H,5H2,1-2H3. The van der Waals surface area contributed by atoms with Crippen LogP contribution in [0.25, 0.3) is 0 Å². The van der Waals surface area contributed by atoms with Crippen LogP contribution in [0, 0.1) is 11.7 Å². The Morgan fingerprint density at radius 3 is 2.79 bits per heavy atom. The van der Waals surface area contributed by atoms with Crippen molar-refractivity contribution in [2.24, 2.45) is 5.92 Å². The van der Waals surface area contributed by atoms with Gasteiger partial charge in [0, 0.05) is 10.4 Å². The Hall–Kier alpha value is -0.700. The van der Waals surface area contributed by atoms with E-state index in [0.29, 0.717) is 6.42 Å². The van der Waals surface area contributed by atoms with Gasteiger partial charge in [-0.2, -0.15) is 0 Å². The van der Waals surface area contributed by atoms with Gasteiger partial charge in [0.25, 0.3) is 0 Å². The summed E-state index contributed by atoms with van der Waals surface area (Å²) in [7, 11) is 0. The van der Waals surface area contributed by atoms with Crippen LogP contribution < -0.4 is 0 Å². The first-order valence-corrected chi connectivity index (χ1v) is 5.24. The SMILES string of the molecule is CC(=O)C(C)Cc1cc(F)ccc1Br. The molecule has 0 saturated heterocycles. The highest BCUT2D eigenvalue weighted by atomic mass is 79.9. The molecule has 1 nitrogen and oxygen atoms in total. The molecule has 1 atom stereocenters. The van der Waals surface area contributed by atoms with Crippen LogP contribution in [0.15, 0.2) is 22.7 Å². The van der Waals surface area contributed by atoms with Crippen LogP contribution in [-0.2, 0) is 11.2 Å². The minimum atomic E-state index is -0.265. The summed E-state index contributed by atoms with van der Waals surface area (Å²) in [6.07, 6.45) is 0.577. The molecular formula is C11H12BrFO. The Balaban J connectivity index is 2.85. The lowest BCUT2D eigenvalue weighted by Gasteiger charge is -2.09. The predicted octanol–water partition coefficient (Wildman–Crippen LogP) is 3.36. The Bertz CT molecular complexity index is 349. The second-order valence-electron chi connectivity index (χ2n) is 3.45. The third kappa shape index (κ3) is 2.91. The largest absolute Gasteiger partial charge is 0.300 e. The second-order valence-corrected chi connectivity index (χ2v) is 4.31. The molecule has 0 saturated carbocycles. The average Bonchev–Trinajstić information content (AvgIpc) is 2.11. The molecule has 1 rings (SSSR count). The summed E-state index contributed by atoms with van der Waals surface area (Å²) in [6.45, 7) is 3.40. The number of rotatable bonds is 3. The first-order valence-electron chi connectivity index (χ1n) is 4.45. The van der Waals surface area contributed by atoms with Gasteiger partial charge in [0.05, 0.1) is 0 Å². The van der Waals surface area contributed by atoms with Crippen molar-refractivity contribution in [3.05, 3.63) is 34.1 Å². The van der Waals surface area contributed by atoms with E-state index in [1.165, 1.54) is 12.1 Å². The van der Waals surface area contributed by atoms with E-state index in [1.54, 1.807) is 13.0 Å². The maximum atomic E-state index is 12.9. The van der Waals surface area contributed by atoms with Gasteiger partial charge in [0.1, 0.15) is 11.6 Å². The van der Waals surface area contributed by atoms with Crippen molar-refractivity contribution in [3.8, 4) is 0 Å². The molecule has 0 amide bonds. The molecule has 3 heteroatoms. The van der Waals surface area contributed by atoms with Gasteiger partial charge in [-0.15, -0.1) is 0 Å². The second kappa shape index (κ2) is 4.69. The smallest absolute Gasteiger partial charge is 0.132 e. The van der Waals surface area contributed by atoms with E-state index >= 15 is 0 Å². The van der Waals surface area contributed by atoms with Crippen molar-refractivity contribution in [2.45, 2.75) is 20.3 Å². The molecule has 0 bridgehead atoms. The Labute approximate surface area is 91.5 Å². The zero-order valence-electron chi connectivity index (χ0n) is 8.18. The van der Waals surface area contributed by atoms with E-state index < -0.39 is 0 Å². The number of carbonyl (C=O) groups is 1. The van der Waals surface area contributed by atoms with Crippen molar-refractivity contribution < 1.29 is 9.18 Å². The first kappa shape index (κ1) is 11.4. The van der Waals surface area contributed by atoms with Gasteiger partial charge in [-0.3, -0.25) is 4.79 Å². The zero-order valence-corrected chi connectivity index (χ0v) is 9.77. The lowest BCUT2D eigenvalue weighted by molar-refractivity contribution is -0.120. The van der Waals surface area contributed by atoms with E-state index in [-0.39, 0.29) is 17.5 Å². The molecule has 76 valence electrons. The van der Waals surface area contributed by atoms with E-state index in [9.17, 15) is 9.18 Å². The molecule has 0 aliphatic carbocycles. The van der Waals surface area contributed by atoms with E-state index in [4.69, 9.17) is 0 Å². The number of halogens is 2. The Morgan fingerprint density at radius 2 is 2.21 bits per heavy atom. The lowest BCUT2D eigenvalue weighted by Crippen LogP contribution is -2.09. The molecule has 1 unspecified atom stereocenters. The van der Waals surface area contributed by atoms with Gasteiger partial charge >= 0.3 is 0 Å². The summed E-state index contributed by atoms with van der Waals surface area (Å²) in [6, 6.07) is 4.52. The minimum absolute atomic E-state index is 0.0619. The van der Waals surface area contributed by atoms with E-state index in [2.05, 4.69) is 15.9 Å². The van der Waals surface area contributed by atoms with Gasteiger partial charge in [-0.1, -0.05) is 22.9 Å². The molecule has 0 aliphatic heterocycles. The highest BCUT2D eigenvalue weighted by Gasteiger charge is 2.11. The first-order chi connectivity index (χ1) is 6.50. The van der Waals surface area contributed by atoms with Gasteiger partial charge in [-0.25, -0.2) is 4.39 Å². The zero-order chi connectivity index (χ0) is 10.7. The number of hydrogen-bond acceptors (Lipinski definition) is 1. The quantitative estimate of drug-likeness (QED) is 0.813. The summed E-state index contributed by atoms with van der Waals surface area (Å²) in [5.74, 6) is -0.201. The molecule has 0 fully saturated rings. The highest BCUT2D eigenvalue weighted by Crippen LogP contribution is 2.21. The van der Waals surface area contributed by atoms with Gasteiger partial charge in [0.15, 0.2) is 0 Å². The average molecular weight is 259 g/mol. The van der Waals surface area contributed by atoms with Gasteiger partial charge < -0.3 is 0 Å². The summed E-state index contributed by atoms with van der Waals surface area (Å²) in [5, 5.41) is 0. The monoisotopic (exact) mass is 258 g/mol.